The van der Waals surface area contributed by atoms with Gasteiger partial charge in [0.2, 0.25) is 5.91 Å². The van der Waals surface area contributed by atoms with Gasteiger partial charge in [0, 0.05) is 23.2 Å². The second kappa shape index (κ2) is 7.56. The van der Waals surface area contributed by atoms with E-state index in [1.807, 2.05) is 63.2 Å². The molecular formula is C22H24N2O2. The SMILES string of the molecule is CCCC(=O)N(Cc1cc2ccccc2[nH]c1=O)c1ccc(C)cc1C. The average molecular weight is 348 g/mol. The molecule has 0 aliphatic heterocycles. The van der Waals surface area contributed by atoms with Crippen LogP contribution in [-0.2, 0) is 11.3 Å². The number of aromatic amines is 1. The Morgan fingerprint density at radius 1 is 1.08 bits per heavy atom. The van der Waals surface area contributed by atoms with Gasteiger partial charge in [-0.3, -0.25) is 9.59 Å². The van der Waals surface area contributed by atoms with Gasteiger partial charge in [-0.1, -0.05) is 42.8 Å². The number of nitrogens with one attached hydrogen (secondary N) is 1. The quantitative estimate of drug-likeness (QED) is 0.739. The molecular weight excluding hydrogens is 324 g/mol. The lowest BCUT2D eigenvalue weighted by Gasteiger charge is -2.25. The monoisotopic (exact) mass is 348 g/mol. The van der Waals surface area contributed by atoms with Gasteiger partial charge in [0.25, 0.3) is 5.56 Å². The van der Waals surface area contributed by atoms with Gasteiger partial charge in [-0.05, 0) is 49.4 Å². The van der Waals surface area contributed by atoms with E-state index in [0.717, 1.165) is 34.1 Å². The lowest BCUT2D eigenvalue weighted by molar-refractivity contribution is -0.118. The zero-order chi connectivity index (χ0) is 18.7. The molecule has 1 amide bonds. The Bertz CT molecular complexity index is 1000. The summed E-state index contributed by atoms with van der Waals surface area (Å²) in [6, 6.07) is 15.6. The molecule has 1 heterocycles. The van der Waals surface area contributed by atoms with Crippen molar-refractivity contribution in [1.82, 2.24) is 4.98 Å². The van der Waals surface area contributed by atoms with E-state index in [2.05, 4.69) is 11.1 Å². The number of para-hydroxylation sites is 1. The summed E-state index contributed by atoms with van der Waals surface area (Å²) in [4.78, 5) is 29.9. The van der Waals surface area contributed by atoms with E-state index in [1.165, 1.54) is 0 Å². The van der Waals surface area contributed by atoms with E-state index < -0.39 is 0 Å². The molecule has 0 aliphatic rings. The summed E-state index contributed by atoms with van der Waals surface area (Å²) >= 11 is 0. The summed E-state index contributed by atoms with van der Waals surface area (Å²) in [6.07, 6.45) is 1.23. The molecule has 3 aromatic rings. The van der Waals surface area contributed by atoms with E-state index in [4.69, 9.17) is 0 Å². The lowest BCUT2D eigenvalue weighted by Crippen LogP contribution is -2.33. The summed E-state index contributed by atoms with van der Waals surface area (Å²) in [7, 11) is 0. The number of fused-ring (bicyclic) bond motifs is 1. The van der Waals surface area contributed by atoms with E-state index >= 15 is 0 Å². The highest BCUT2D eigenvalue weighted by atomic mass is 16.2. The molecule has 4 nitrogen and oxygen atoms in total. The number of rotatable bonds is 5. The first-order valence-electron chi connectivity index (χ1n) is 8.98. The largest absolute Gasteiger partial charge is 0.322 e. The third-order valence-electron chi connectivity index (χ3n) is 4.57. The predicted molar refractivity (Wildman–Crippen MR) is 107 cm³/mol. The first-order chi connectivity index (χ1) is 12.5. The predicted octanol–water partition coefficient (Wildman–Crippen LogP) is 4.48. The molecule has 0 saturated carbocycles. The number of amides is 1. The fraction of sp³-hybridized carbons (Fsp3) is 0.273. The molecule has 0 atom stereocenters. The highest BCUT2D eigenvalue weighted by molar-refractivity contribution is 5.94. The van der Waals surface area contributed by atoms with E-state index in [-0.39, 0.29) is 18.0 Å². The Hall–Kier alpha value is -2.88. The molecule has 0 unspecified atom stereocenters. The Kier molecular flexibility index (Phi) is 5.21. The summed E-state index contributed by atoms with van der Waals surface area (Å²) in [5.41, 5.74) is 4.29. The number of pyridine rings is 1. The molecule has 4 heteroatoms. The zero-order valence-corrected chi connectivity index (χ0v) is 15.5. The number of anilines is 1. The maximum absolute atomic E-state index is 12.8. The fourth-order valence-electron chi connectivity index (χ4n) is 3.25. The van der Waals surface area contributed by atoms with E-state index in [1.54, 1.807) is 4.90 Å². The van der Waals surface area contributed by atoms with Crippen LogP contribution in [0, 0.1) is 13.8 Å². The summed E-state index contributed by atoms with van der Waals surface area (Å²) in [5, 5.41) is 0.964. The van der Waals surface area contributed by atoms with Gasteiger partial charge in [0.05, 0.1) is 6.54 Å². The number of nitrogens with zero attached hydrogens (tertiary/aromatic N) is 1. The number of carbonyl (C=O) groups is 1. The minimum absolute atomic E-state index is 0.0343. The number of H-pyrrole nitrogens is 1. The minimum Gasteiger partial charge on any atom is -0.322 e. The van der Waals surface area contributed by atoms with Crippen molar-refractivity contribution >= 4 is 22.5 Å². The highest BCUT2D eigenvalue weighted by Gasteiger charge is 2.19. The Labute approximate surface area is 153 Å². The number of aryl methyl sites for hydroxylation is 2. The van der Waals surface area contributed by atoms with Gasteiger partial charge in [0.1, 0.15) is 0 Å². The smallest absolute Gasteiger partial charge is 0.253 e. The number of hydrogen-bond acceptors (Lipinski definition) is 2. The van der Waals surface area contributed by atoms with Crippen LogP contribution in [0.4, 0.5) is 5.69 Å². The Morgan fingerprint density at radius 2 is 1.85 bits per heavy atom. The van der Waals surface area contributed by atoms with Crippen LogP contribution in [0.3, 0.4) is 0 Å². The van der Waals surface area contributed by atoms with Crippen LogP contribution >= 0.6 is 0 Å². The highest BCUT2D eigenvalue weighted by Crippen LogP contribution is 2.24. The van der Waals surface area contributed by atoms with Crippen LogP contribution in [-0.4, -0.2) is 10.9 Å². The summed E-state index contributed by atoms with van der Waals surface area (Å²) < 4.78 is 0. The molecule has 26 heavy (non-hydrogen) atoms. The van der Waals surface area contributed by atoms with Crippen LogP contribution in [0.15, 0.2) is 53.3 Å². The van der Waals surface area contributed by atoms with Crippen LogP contribution in [0.25, 0.3) is 10.9 Å². The number of aromatic nitrogens is 1. The second-order valence-electron chi connectivity index (χ2n) is 6.73. The maximum Gasteiger partial charge on any atom is 0.253 e. The van der Waals surface area contributed by atoms with E-state index in [0.29, 0.717) is 12.0 Å². The van der Waals surface area contributed by atoms with Crippen molar-refractivity contribution in [2.24, 2.45) is 0 Å². The lowest BCUT2D eigenvalue weighted by atomic mass is 10.1. The van der Waals surface area contributed by atoms with Gasteiger partial charge < -0.3 is 9.88 Å². The first-order valence-corrected chi connectivity index (χ1v) is 8.98. The average Bonchev–Trinajstić information content (AvgIpc) is 2.60. The second-order valence-corrected chi connectivity index (χ2v) is 6.73. The molecule has 3 rings (SSSR count). The Balaban J connectivity index is 2.04. The molecule has 1 N–H and O–H groups in total. The molecule has 0 bridgehead atoms. The standard InChI is InChI=1S/C22H24N2O2/c1-4-7-21(25)24(20-11-10-15(2)12-16(20)3)14-18-13-17-8-5-6-9-19(17)23-22(18)26/h5-6,8-13H,4,7,14H2,1-3H3,(H,23,26). The third kappa shape index (κ3) is 3.69. The van der Waals surface area contributed by atoms with E-state index in [9.17, 15) is 9.59 Å². The molecule has 0 radical (unpaired) electrons. The molecule has 2 aromatic carbocycles. The van der Waals surface area contributed by atoms with Crippen molar-refractivity contribution < 1.29 is 4.79 Å². The number of carbonyl (C=O) groups excluding carboxylic acids is 1. The topological polar surface area (TPSA) is 53.2 Å². The normalized spacial score (nSPS) is 10.9. The van der Waals surface area contributed by atoms with Crippen molar-refractivity contribution in [1.29, 1.82) is 0 Å². The first kappa shape index (κ1) is 17.9. The molecule has 0 fully saturated rings. The molecule has 134 valence electrons. The summed E-state index contributed by atoms with van der Waals surface area (Å²) in [6.45, 7) is 6.28. The minimum atomic E-state index is -0.150. The molecule has 0 saturated heterocycles. The molecule has 0 aliphatic carbocycles. The Morgan fingerprint density at radius 3 is 2.58 bits per heavy atom. The zero-order valence-electron chi connectivity index (χ0n) is 15.5. The van der Waals surface area contributed by atoms with Gasteiger partial charge >= 0.3 is 0 Å². The fourth-order valence-corrected chi connectivity index (χ4v) is 3.25. The van der Waals surface area contributed by atoms with Crippen LogP contribution in [0.2, 0.25) is 0 Å². The van der Waals surface area contributed by atoms with Crippen molar-refractivity contribution in [3.05, 3.63) is 75.6 Å². The van der Waals surface area contributed by atoms with Crippen molar-refractivity contribution in [2.75, 3.05) is 4.90 Å². The van der Waals surface area contributed by atoms with Gasteiger partial charge in [-0.2, -0.15) is 0 Å². The maximum atomic E-state index is 12.8. The van der Waals surface area contributed by atoms with Crippen molar-refractivity contribution in [3.63, 3.8) is 0 Å². The summed E-state index contributed by atoms with van der Waals surface area (Å²) in [5.74, 6) is 0.0343. The van der Waals surface area contributed by atoms with Crippen LogP contribution in [0.1, 0.15) is 36.5 Å². The van der Waals surface area contributed by atoms with Crippen LogP contribution in [0.5, 0.6) is 0 Å². The molecule has 1 aromatic heterocycles. The van der Waals surface area contributed by atoms with Gasteiger partial charge in [0.15, 0.2) is 0 Å². The third-order valence-corrected chi connectivity index (χ3v) is 4.57. The van der Waals surface area contributed by atoms with Crippen LogP contribution < -0.4 is 10.5 Å². The number of hydrogen-bond donors (Lipinski definition) is 1. The molecule has 0 spiro atoms. The van der Waals surface area contributed by atoms with Gasteiger partial charge in [-0.15, -0.1) is 0 Å². The van der Waals surface area contributed by atoms with Crippen molar-refractivity contribution in [3.8, 4) is 0 Å². The van der Waals surface area contributed by atoms with Gasteiger partial charge in [-0.25, -0.2) is 0 Å². The van der Waals surface area contributed by atoms with Crippen molar-refractivity contribution in [2.45, 2.75) is 40.2 Å². The number of benzene rings is 2.